The van der Waals surface area contributed by atoms with Gasteiger partial charge in [-0.2, -0.15) is 18.3 Å². The van der Waals surface area contributed by atoms with E-state index in [-0.39, 0.29) is 17.2 Å². The van der Waals surface area contributed by atoms with Crippen LogP contribution in [0.3, 0.4) is 0 Å². The van der Waals surface area contributed by atoms with Crippen molar-refractivity contribution >= 4 is 29.3 Å². The number of fused-ring (bicyclic) bond motifs is 2. The summed E-state index contributed by atoms with van der Waals surface area (Å²) in [7, 11) is 0. The Morgan fingerprint density at radius 3 is 2.44 bits per heavy atom. The maximum absolute atomic E-state index is 14.7. The van der Waals surface area contributed by atoms with E-state index in [0.717, 1.165) is 39.5 Å². The Morgan fingerprint density at radius 1 is 0.981 bits per heavy atom. The number of benzene rings is 2. The SMILES string of the molecule is Cc1c(C(=O)N2CCC[C@@H]2C(=O)OC(C)(C)C)ccc2c1CC[C@@H]2NC(=O)c1cc(C(=O)NCc2ccc(F)c(C(F)(F)F)c2)nc2c(F)cnn12. The summed E-state index contributed by atoms with van der Waals surface area (Å²) in [6.45, 7) is 7.09. The minimum absolute atomic E-state index is 0.0556. The van der Waals surface area contributed by atoms with Crippen LogP contribution in [0.5, 0.6) is 0 Å². The van der Waals surface area contributed by atoms with Gasteiger partial charge >= 0.3 is 12.1 Å². The van der Waals surface area contributed by atoms with Gasteiger partial charge in [0, 0.05) is 24.7 Å². The van der Waals surface area contributed by atoms with Crippen LogP contribution < -0.4 is 10.6 Å². The van der Waals surface area contributed by atoms with Gasteiger partial charge in [0.1, 0.15) is 28.8 Å². The Morgan fingerprint density at radius 2 is 1.73 bits per heavy atom. The summed E-state index contributed by atoms with van der Waals surface area (Å²) in [5.74, 6) is -4.77. The third-order valence-electron chi connectivity index (χ3n) is 9.10. The summed E-state index contributed by atoms with van der Waals surface area (Å²) in [6, 6.07) is 5.56. The van der Waals surface area contributed by atoms with E-state index in [0.29, 0.717) is 49.9 Å². The first-order chi connectivity index (χ1) is 24.4. The van der Waals surface area contributed by atoms with Gasteiger partial charge in [-0.05, 0) is 93.8 Å². The summed E-state index contributed by atoms with van der Waals surface area (Å²) >= 11 is 0. The number of halogens is 5. The Labute approximate surface area is 294 Å². The summed E-state index contributed by atoms with van der Waals surface area (Å²) in [5, 5.41) is 9.15. The number of aromatic nitrogens is 3. The molecule has 274 valence electrons. The zero-order valence-electron chi connectivity index (χ0n) is 28.7. The number of hydrogen-bond donors (Lipinski definition) is 2. The van der Waals surface area contributed by atoms with E-state index < -0.39 is 76.7 Å². The van der Waals surface area contributed by atoms with Crippen molar-refractivity contribution in [2.24, 2.45) is 0 Å². The highest BCUT2D eigenvalue weighted by Crippen LogP contribution is 2.36. The topological polar surface area (TPSA) is 135 Å². The van der Waals surface area contributed by atoms with E-state index in [1.807, 2.05) is 6.92 Å². The molecule has 1 fully saturated rings. The molecule has 0 unspecified atom stereocenters. The van der Waals surface area contributed by atoms with Crippen LogP contribution in [-0.4, -0.2) is 61.4 Å². The van der Waals surface area contributed by atoms with E-state index in [1.54, 1.807) is 37.8 Å². The molecule has 0 spiro atoms. The summed E-state index contributed by atoms with van der Waals surface area (Å²) in [5.41, 5.74) is -0.541. The number of ether oxygens (including phenoxy) is 1. The van der Waals surface area contributed by atoms with Crippen molar-refractivity contribution in [3.8, 4) is 0 Å². The van der Waals surface area contributed by atoms with Gasteiger partial charge in [-0.1, -0.05) is 12.1 Å². The average Bonchev–Trinajstić information content (AvgIpc) is 3.82. The third-order valence-corrected chi connectivity index (χ3v) is 9.10. The normalized spacial score (nSPS) is 17.3. The summed E-state index contributed by atoms with van der Waals surface area (Å²) in [4.78, 5) is 58.8. The fraction of sp³-hybridized carbons (Fsp3) is 0.389. The molecule has 3 heterocycles. The zero-order valence-corrected chi connectivity index (χ0v) is 28.7. The molecule has 2 N–H and O–H groups in total. The molecular weight excluding hydrogens is 691 g/mol. The molecule has 3 amide bonds. The van der Waals surface area contributed by atoms with Crippen LogP contribution in [0.4, 0.5) is 22.0 Å². The molecule has 0 saturated carbocycles. The van der Waals surface area contributed by atoms with Crippen LogP contribution in [-0.2, 0) is 28.7 Å². The first-order valence-electron chi connectivity index (χ1n) is 16.6. The van der Waals surface area contributed by atoms with Gasteiger partial charge in [-0.15, -0.1) is 0 Å². The lowest BCUT2D eigenvalue weighted by Crippen LogP contribution is -2.43. The maximum Gasteiger partial charge on any atom is 0.419 e. The average molecular weight is 727 g/mol. The molecular formula is C36H35F5N6O5. The smallest absolute Gasteiger partial charge is 0.419 e. The molecule has 4 aromatic rings. The standard InChI is InChI=1S/C36H35F5N6O5/c1-18-20-10-12-26(22(20)9-8-21(18)33(50)46-13-5-6-28(46)34(51)52-35(2,3)4)45-32(49)29-15-27(44-30-25(38)17-43-47(29)30)31(48)42-16-19-7-11-24(37)23(14-19)36(39,40)41/h7-9,11,14-15,17,26,28H,5-6,10,12-13,16H2,1-4H3,(H,42,48)(H,45,49)/t26-,28+/m0/s1. The van der Waals surface area contributed by atoms with Crippen LogP contribution in [0.15, 0.2) is 42.6 Å². The fourth-order valence-corrected chi connectivity index (χ4v) is 6.66. The highest BCUT2D eigenvalue weighted by Gasteiger charge is 2.39. The number of amides is 3. The number of esters is 1. The molecule has 2 aliphatic rings. The molecule has 52 heavy (non-hydrogen) atoms. The molecule has 1 aliphatic heterocycles. The predicted molar refractivity (Wildman–Crippen MR) is 175 cm³/mol. The van der Waals surface area contributed by atoms with Crippen molar-refractivity contribution in [3.63, 3.8) is 0 Å². The second kappa shape index (κ2) is 13.6. The van der Waals surface area contributed by atoms with Crippen LogP contribution in [0.25, 0.3) is 5.65 Å². The number of carbonyl (C=O) groups is 4. The first-order valence-corrected chi connectivity index (χ1v) is 16.6. The van der Waals surface area contributed by atoms with Gasteiger partial charge in [-0.25, -0.2) is 23.1 Å². The quantitative estimate of drug-likeness (QED) is 0.186. The molecule has 0 radical (unpaired) electrons. The predicted octanol–water partition coefficient (Wildman–Crippen LogP) is 5.63. The minimum Gasteiger partial charge on any atom is -0.458 e. The van der Waals surface area contributed by atoms with Crippen LogP contribution in [0.2, 0.25) is 0 Å². The van der Waals surface area contributed by atoms with Gasteiger partial charge in [0.25, 0.3) is 17.7 Å². The number of nitrogens with zero attached hydrogens (tertiary/aromatic N) is 4. The first kappa shape index (κ1) is 36.4. The monoisotopic (exact) mass is 726 g/mol. The van der Waals surface area contributed by atoms with E-state index in [9.17, 15) is 41.1 Å². The highest BCUT2D eigenvalue weighted by atomic mass is 19.4. The number of alkyl halides is 3. The van der Waals surface area contributed by atoms with Gasteiger partial charge in [0.05, 0.1) is 17.8 Å². The maximum atomic E-state index is 14.7. The molecule has 2 atom stereocenters. The second-order valence-electron chi connectivity index (χ2n) is 13.8. The zero-order chi connectivity index (χ0) is 37.7. The molecule has 6 rings (SSSR count). The van der Waals surface area contributed by atoms with Gasteiger partial charge in [0.15, 0.2) is 11.5 Å². The summed E-state index contributed by atoms with van der Waals surface area (Å²) < 4.78 is 74.3. The number of nitrogens with one attached hydrogen (secondary N) is 2. The molecule has 0 bridgehead atoms. The molecule has 11 nitrogen and oxygen atoms in total. The van der Waals surface area contributed by atoms with Gasteiger partial charge in [0.2, 0.25) is 0 Å². The summed E-state index contributed by atoms with van der Waals surface area (Å²) in [6.07, 6.45) is -1.97. The lowest BCUT2D eigenvalue weighted by molar-refractivity contribution is -0.159. The molecule has 2 aromatic heterocycles. The van der Waals surface area contributed by atoms with Gasteiger partial charge < -0.3 is 20.3 Å². The second-order valence-corrected chi connectivity index (χ2v) is 13.8. The number of likely N-dealkylation sites (tertiary alicyclic amines) is 1. The van der Waals surface area contributed by atoms with Crippen molar-refractivity contribution in [1.82, 2.24) is 30.1 Å². The fourth-order valence-electron chi connectivity index (χ4n) is 6.66. The number of hydrogen-bond acceptors (Lipinski definition) is 7. The van der Waals surface area contributed by atoms with E-state index in [4.69, 9.17) is 4.74 Å². The van der Waals surface area contributed by atoms with Crippen molar-refractivity contribution in [2.75, 3.05) is 6.54 Å². The van der Waals surface area contributed by atoms with Crippen molar-refractivity contribution in [3.05, 3.63) is 99.0 Å². The van der Waals surface area contributed by atoms with E-state index in [1.165, 1.54) is 0 Å². The van der Waals surface area contributed by atoms with E-state index >= 15 is 0 Å². The number of rotatable bonds is 7. The Balaban J connectivity index is 1.20. The highest BCUT2D eigenvalue weighted by molar-refractivity contribution is 6.00. The minimum atomic E-state index is -4.95. The third kappa shape index (κ3) is 7.19. The van der Waals surface area contributed by atoms with Crippen molar-refractivity contribution < 1.29 is 45.9 Å². The van der Waals surface area contributed by atoms with E-state index in [2.05, 4.69) is 20.7 Å². The van der Waals surface area contributed by atoms with Crippen molar-refractivity contribution in [1.29, 1.82) is 0 Å². The Bertz CT molecular complexity index is 2110. The van der Waals surface area contributed by atoms with Gasteiger partial charge in [-0.3, -0.25) is 14.4 Å². The molecule has 1 aliphatic carbocycles. The Kier molecular flexibility index (Phi) is 9.53. The lowest BCUT2D eigenvalue weighted by Gasteiger charge is -2.28. The number of carbonyl (C=O) groups excluding carboxylic acids is 4. The molecule has 2 aromatic carbocycles. The molecule has 1 saturated heterocycles. The Hall–Kier alpha value is -5.41. The largest absolute Gasteiger partial charge is 0.458 e. The van der Waals surface area contributed by atoms with Crippen molar-refractivity contribution in [2.45, 2.75) is 83.8 Å². The van der Waals surface area contributed by atoms with Crippen LogP contribution in [0, 0.1) is 18.6 Å². The van der Waals surface area contributed by atoms with Crippen LogP contribution >= 0.6 is 0 Å². The van der Waals surface area contributed by atoms with Crippen LogP contribution in [0.1, 0.15) is 105 Å². The molecule has 16 heteroatoms. The lowest BCUT2D eigenvalue weighted by atomic mass is 9.97.